The van der Waals surface area contributed by atoms with Crippen LogP contribution in [0.25, 0.3) is 0 Å². The van der Waals surface area contributed by atoms with Crippen LogP contribution < -0.4 is 11.1 Å². The van der Waals surface area contributed by atoms with Crippen LogP contribution in [0, 0.1) is 0 Å². The van der Waals surface area contributed by atoms with Crippen molar-refractivity contribution in [3.8, 4) is 0 Å². The second kappa shape index (κ2) is 14.3. The number of amides is 2. The van der Waals surface area contributed by atoms with E-state index in [-0.39, 0.29) is 0 Å². The van der Waals surface area contributed by atoms with Gasteiger partial charge >= 0.3 is 6.03 Å². The third kappa shape index (κ3) is 15.3. The molecule has 0 aliphatic heterocycles. The van der Waals surface area contributed by atoms with E-state index in [1.807, 2.05) is 0 Å². The van der Waals surface area contributed by atoms with Crippen LogP contribution in [0.1, 0.15) is 84.0 Å². The number of rotatable bonds is 13. The van der Waals surface area contributed by atoms with E-state index in [4.69, 9.17) is 5.73 Å². The second-order valence-electron chi connectivity index (χ2n) is 5.14. The van der Waals surface area contributed by atoms with Crippen LogP contribution in [0.3, 0.4) is 0 Å². The highest BCUT2D eigenvalue weighted by atomic mass is 16.2. The molecule has 0 aromatic carbocycles. The Balaban J connectivity index is 2.92. The Morgan fingerprint density at radius 1 is 0.778 bits per heavy atom. The molecule has 2 amide bonds. The molecule has 0 saturated heterocycles. The molecule has 1 radical (unpaired) electrons. The summed E-state index contributed by atoms with van der Waals surface area (Å²) in [6, 6.07) is -0.655. The second-order valence-corrected chi connectivity index (χ2v) is 5.14. The fourth-order valence-electron chi connectivity index (χ4n) is 2.17. The smallest absolute Gasteiger partial charge is 0.333 e. The fraction of sp³-hybridized carbons (Fsp3) is 0.933. The molecule has 0 aromatic rings. The molecule has 0 aromatic heterocycles. The Labute approximate surface area is 113 Å². The summed E-state index contributed by atoms with van der Waals surface area (Å²) in [7, 11) is 0. The Bertz CT molecular complexity index is 183. The van der Waals surface area contributed by atoms with Crippen LogP contribution in [0.15, 0.2) is 0 Å². The standard InChI is InChI=1S/C15H31N2O/c1-2-3-4-5-6-7-8-9-10-11-12-13-14-17-15(16)18/h16H,2-14H2,1H3,(H,17,18). The van der Waals surface area contributed by atoms with E-state index in [0.717, 1.165) is 6.42 Å². The van der Waals surface area contributed by atoms with Crippen molar-refractivity contribution >= 4 is 6.03 Å². The maximum Gasteiger partial charge on any atom is 0.333 e. The van der Waals surface area contributed by atoms with Gasteiger partial charge in [-0.1, -0.05) is 77.6 Å². The summed E-state index contributed by atoms with van der Waals surface area (Å²) in [5.74, 6) is 0. The number of unbranched alkanes of at least 4 members (excludes halogenated alkanes) is 11. The van der Waals surface area contributed by atoms with Gasteiger partial charge in [0.1, 0.15) is 0 Å². The molecule has 3 nitrogen and oxygen atoms in total. The summed E-state index contributed by atoms with van der Waals surface area (Å²) in [4.78, 5) is 10.3. The third-order valence-corrected chi connectivity index (χ3v) is 3.32. The first-order chi connectivity index (χ1) is 8.77. The first kappa shape index (κ1) is 17.3. The van der Waals surface area contributed by atoms with Crippen molar-refractivity contribution in [2.24, 2.45) is 0 Å². The highest BCUT2D eigenvalue weighted by Crippen LogP contribution is 2.11. The van der Waals surface area contributed by atoms with E-state index in [1.54, 1.807) is 0 Å². The minimum Gasteiger partial charge on any atom is -0.337 e. The van der Waals surface area contributed by atoms with Crippen LogP contribution >= 0.6 is 0 Å². The predicted octanol–water partition coefficient (Wildman–Crippen LogP) is 4.68. The van der Waals surface area contributed by atoms with Gasteiger partial charge in [-0.2, -0.15) is 0 Å². The van der Waals surface area contributed by atoms with E-state index >= 15 is 0 Å². The van der Waals surface area contributed by atoms with Gasteiger partial charge in [-0.05, 0) is 6.42 Å². The molecule has 0 fully saturated rings. The molecule has 0 heterocycles. The van der Waals surface area contributed by atoms with Crippen molar-refractivity contribution in [2.75, 3.05) is 6.54 Å². The van der Waals surface area contributed by atoms with E-state index in [0.29, 0.717) is 6.54 Å². The molecule has 107 valence electrons. The number of carbonyl (C=O) groups is 1. The molecule has 0 saturated carbocycles. The average Bonchev–Trinajstić information content (AvgIpc) is 2.34. The van der Waals surface area contributed by atoms with Gasteiger partial charge in [0.25, 0.3) is 0 Å². The number of carbonyl (C=O) groups excluding carboxylic acids is 1. The van der Waals surface area contributed by atoms with E-state index in [1.165, 1.54) is 70.6 Å². The van der Waals surface area contributed by atoms with Crippen LogP contribution in [0.4, 0.5) is 4.79 Å². The Morgan fingerprint density at radius 2 is 1.17 bits per heavy atom. The largest absolute Gasteiger partial charge is 0.337 e. The van der Waals surface area contributed by atoms with Crippen LogP contribution in [-0.4, -0.2) is 12.6 Å². The molecule has 0 atom stereocenters. The molecule has 0 aliphatic carbocycles. The first-order valence-electron chi connectivity index (χ1n) is 7.76. The van der Waals surface area contributed by atoms with Gasteiger partial charge in [0.15, 0.2) is 0 Å². The Hall–Kier alpha value is -0.730. The summed E-state index contributed by atoms with van der Waals surface area (Å²) < 4.78 is 0. The average molecular weight is 255 g/mol. The number of hydrogen-bond acceptors (Lipinski definition) is 1. The molecule has 18 heavy (non-hydrogen) atoms. The molecule has 0 bridgehead atoms. The van der Waals surface area contributed by atoms with Crippen molar-refractivity contribution < 1.29 is 4.79 Å². The molecule has 0 unspecified atom stereocenters. The fourth-order valence-corrected chi connectivity index (χ4v) is 2.17. The zero-order valence-electron chi connectivity index (χ0n) is 12.1. The molecule has 2 N–H and O–H groups in total. The number of urea groups is 1. The highest BCUT2D eigenvalue weighted by Gasteiger charge is 1.94. The van der Waals surface area contributed by atoms with Crippen LogP contribution in [0.5, 0.6) is 0 Å². The molecule has 0 spiro atoms. The SMILES string of the molecule is CCCCCCCCCCCCCCNC([NH])=O. The van der Waals surface area contributed by atoms with Crippen molar-refractivity contribution in [2.45, 2.75) is 84.0 Å². The maximum atomic E-state index is 10.3. The zero-order chi connectivity index (χ0) is 13.5. The molecule has 0 aliphatic rings. The summed E-state index contributed by atoms with van der Waals surface area (Å²) in [5.41, 5.74) is 6.68. The lowest BCUT2D eigenvalue weighted by molar-refractivity contribution is 0.247. The van der Waals surface area contributed by atoms with Gasteiger partial charge in [-0.3, -0.25) is 0 Å². The third-order valence-electron chi connectivity index (χ3n) is 3.32. The van der Waals surface area contributed by atoms with E-state index in [2.05, 4.69) is 12.2 Å². The summed E-state index contributed by atoms with van der Waals surface area (Å²) in [5, 5.41) is 2.51. The van der Waals surface area contributed by atoms with Gasteiger partial charge in [0.05, 0.1) is 0 Å². The molecular formula is C15H31N2O. The zero-order valence-corrected chi connectivity index (χ0v) is 12.1. The molecular weight excluding hydrogens is 224 g/mol. The lowest BCUT2D eigenvalue weighted by atomic mass is 10.1. The van der Waals surface area contributed by atoms with Crippen molar-refractivity contribution in [1.29, 1.82) is 0 Å². The molecule has 3 heteroatoms. The summed E-state index contributed by atoms with van der Waals surface area (Å²) in [6.07, 6.45) is 15.9. The minimum atomic E-state index is -0.655. The summed E-state index contributed by atoms with van der Waals surface area (Å²) >= 11 is 0. The number of nitrogens with one attached hydrogen (secondary N) is 2. The van der Waals surface area contributed by atoms with E-state index < -0.39 is 6.03 Å². The van der Waals surface area contributed by atoms with Crippen LogP contribution in [0.2, 0.25) is 0 Å². The number of hydrogen-bond donors (Lipinski definition) is 1. The molecule has 0 rings (SSSR count). The Kier molecular flexibility index (Phi) is 13.8. The van der Waals surface area contributed by atoms with Gasteiger partial charge in [-0.15, -0.1) is 0 Å². The van der Waals surface area contributed by atoms with Gasteiger partial charge in [0, 0.05) is 6.54 Å². The quantitative estimate of drug-likeness (QED) is 0.477. The van der Waals surface area contributed by atoms with Crippen molar-refractivity contribution in [1.82, 2.24) is 11.1 Å². The van der Waals surface area contributed by atoms with Gasteiger partial charge in [-0.25, -0.2) is 10.5 Å². The van der Waals surface area contributed by atoms with Crippen molar-refractivity contribution in [3.05, 3.63) is 0 Å². The lowest BCUT2D eigenvalue weighted by Gasteiger charge is -2.03. The minimum absolute atomic E-state index is 0.655. The first-order valence-corrected chi connectivity index (χ1v) is 7.76. The maximum absolute atomic E-state index is 10.3. The monoisotopic (exact) mass is 255 g/mol. The van der Waals surface area contributed by atoms with Crippen LogP contribution in [-0.2, 0) is 0 Å². The topological polar surface area (TPSA) is 52.9 Å². The normalized spacial score (nSPS) is 10.5. The predicted molar refractivity (Wildman–Crippen MR) is 77.6 cm³/mol. The van der Waals surface area contributed by atoms with Gasteiger partial charge in [0.2, 0.25) is 0 Å². The van der Waals surface area contributed by atoms with Gasteiger partial charge < -0.3 is 5.32 Å². The van der Waals surface area contributed by atoms with Crippen molar-refractivity contribution in [3.63, 3.8) is 0 Å². The van der Waals surface area contributed by atoms with E-state index in [9.17, 15) is 4.79 Å². The lowest BCUT2D eigenvalue weighted by Crippen LogP contribution is -2.23. The summed E-state index contributed by atoms with van der Waals surface area (Å²) in [6.45, 7) is 2.93. The Morgan fingerprint density at radius 3 is 1.56 bits per heavy atom. The highest BCUT2D eigenvalue weighted by molar-refractivity contribution is 5.70.